The van der Waals surface area contributed by atoms with Crippen LogP contribution < -0.4 is 5.32 Å². The van der Waals surface area contributed by atoms with Gasteiger partial charge in [0.1, 0.15) is 6.61 Å². The summed E-state index contributed by atoms with van der Waals surface area (Å²) in [4.78, 5) is 16.2. The Kier molecular flexibility index (Phi) is 3.06. The number of hydrogen-bond donors (Lipinski definition) is 1. The first kappa shape index (κ1) is 11.4. The van der Waals surface area contributed by atoms with Crippen LogP contribution in [-0.4, -0.2) is 73.7 Å². The molecule has 3 heterocycles. The number of piperidine rings is 1. The lowest BCUT2D eigenvalue weighted by Crippen LogP contribution is -2.51. The average molecular weight is 239 g/mol. The van der Waals surface area contributed by atoms with Gasteiger partial charge in [-0.3, -0.25) is 9.69 Å². The van der Waals surface area contributed by atoms with Gasteiger partial charge in [0.25, 0.3) is 0 Å². The summed E-state index contributed by atoms with van der Waals surface area (Å²) in [7, 11) is 2.18. The van der Waals surface area contributed by atoms with Crippen molar-refractivity contribution in [3.05, 3.63) is 0 Å². The van der Waals surface area contributed by atoms with E-state index >= 15 is 0 Å². The Morgan fingerprint density at radius 2 is 2.06 bits per heavy atom. The normalized spacial score (nSPS) is 36.9. The van der Waals surface area contributed by atoms with Crippen LogP contribution in [0, 0.1) is 0 Å². The highest BCUT2D eigenvalue weighted by atomic mass is 16.5. The third-order valence-electron chi connectivity index (χ3n) is 4.27. The minimum atomic E-state index is 0.0384. The molecule has 0 unspecified atom stereocenters. The number of carbonyl (C=O) groups excluding carboxylic acids is 1. The van der Waals surface area contributed by atoms with Gasteiger partial charge in [-0.15, -0.1) is 0 Å². The lowest BCUT2D eigenvalue weighted by atomic mass is 10.0. The van der Waals surface area contributed by atoms with E-state index in [-0.39, 0.29) is 24.7 Å². The van der Waals surface area contributed by atoms with Gasteiger partial charge >= 0.3 is 0 Å². The van der Waals surface area contributed by atoms with Crippen LogP contribution in [0.15, 0.2) is 0 Å². The van der Waals surface area contributed by atoms with Crippen LogP contribution in [0.3, 0.4) is 0 Å². The van der Waals surface area contributed by atoms with Gasteiger partial charge in [0.15, 0.2) is 0 Å². The molecule has 5 nitrogen and oxygen atoms in total. The maximum atomic E-state index is 11.3. The van der Waals surface area contributed by atoms with Gasteiger partial charge in [0.05, 0.1) is 12.1 Å². The topological polar surface area (TPSA) is 44.8 Å². The molecule has 0 bridgehead atoms. The summed E-state index contributed by atoms with van der Waals surface area (Å²) < 4.78 is 5.59. The molecule has 0 aromatic heterocycles. The van der Waals surface area contributed by atoms with E-state index < -0.39 is 0 Å². The molecule has 2 atom stereocenters. The van der Waals surface area contributed by atoms with Crippen LogP contribution >= 0.6 is 0 Å². The van der Waals surface area contributed by atoms with E-state index in [1.807, 2.05) is 0 Å². The Morgan fingerprint density at radius 1 is 1.29 bits per heavy atom. The summed E-state index contributed by atoms with van der Waals surface area (Å²) in [5, 5.41) is 3.04. The summed E-state index contributed by atoms with van der Waals surface area (Å²) in [5.74, 6) is 0.0384. The fourth-order valence-electron chi connectivity index (χ4n) is 3.20. The van der Waals surface area contributed by atoms with Gasteiger partial charge in [-0.2, -0.15) is 0 Å². The molecule has 1 amide bonds. The van der Waals surface area contributed by atoms with Crippen molar-refractivity contribution in [2.24, 2.45) is 0 Å². The first-order valence-corrected chi connectivity index (χ1v) is 6.56. The van der Waals surface area contributed by atoms with E-state index in [1.165, 1.54) is 25.9 Å². The Balaban J connectivity index is 1.58. The maximum absolute atomic E-state index is 11.3. The second kappa shape index (κ2) is 4.55. The fraction of sp³-hybridized carbons (Fsp3) is 0.917. The number of fused-ring (bicyclic) bond motifs is 1. The van der Waals surface area contributed by atoms with Crippen molar-refractivity contribution in [3.63, 3.8) is 0 Å². The van der Waals surface area contributed by atoms with Gasteiger partial charge in [-0.25, -0.2) is 0 Å². The fourth-order valence-corrected chi connectivity index (χ4v) is 3.20. The van der Waals surface area contributed by atoms with E-state index in [0.29, 0.717) is 6.04 Å². The van der Waals surface area contributed by atoms with Crippen LogP contribution in [0.2, 0.25) is 0 Å². The maximum Gasteiger partial charge on any atom is 0.246 e. The minimum absolute atomic E-state index is 0.0384. The van der Waals surface area contributed by atoms with Crippen molar-refractivity contribution in [1.29, 1.82) is 0 Å². The van der Waals surface area contributed by atoms with Gasteiger partial charge in [0.2, 0.25) is 5.91 Å². The van der Waals surface area contributed by atoms with Crippen molar-refractivity contribution in [2.75, 3.05) is 39.8 Å². The predicted octanol–water partition coefficient (Wildman–Crippen LogP) is -0.720. The zero-order valence-corrected chi connectivity index (χ0v) is 10.4. The molecule has 0 saturated carbocycles. The standard InChI is InChI=1S/C12H21N3O2/c1-14-4-2-9(3-5-14)15-6-10-11(7-15)17-8-12(16)13-10/h9-11H,2-8H2,1H3,(H,13,16)/t10-,11+/m1/s1. The summed E-state index contributed by atoms with van der Waals surface area (Å²) in [5.41, 5.74) is 0. The smallest absolute Gasteiger partial charge is 0.246 e. The molecule has 0 radical (unpaired) electrons. The lowest BCUT2D eigenvalue weighted by Gasteiger charge is -2.34. The molecular formula is C12H21N3O2. The molecule has 3 aliphatic rings. The number of amides is 1. The van der Waals surface area contributed by atoms with E-state index in [2.05, 4.69) is 22.2 Å². The van der Waals surface area contributed by atoms with E-state index in [1.54, 1.807) is 0 Å². The Morgan fingerprint density at radius 3 is 2.82 bits per heavy atom. The van der Waals surface area contributed by atoms with Crippen LogP contribution in [0.25, 0.3) is 0 Å². The molecule has 3 saturated heterocycles. The number of nitrogens with one attached hydrogen (secondary N) is 1. The highest BCUT2D eigenvalue weighted by Crippen LogP contribution is 2.23. The quantitative estimate of drug-likeness (QED) is 0.656. The summed E-state index contributed by atoms with van der Waals surface area (Å²) in [6, 6.07) is 0.896. The Labute approximate surface area is 102 Å². The second-order valence-electron chi connectivity index (χ2n) is 5.51. The lowest BCUT2D eigenvalue weighted by molar-refractivity contribution is -0.134. The van der Waals surface area contributed by atoms with E-state index in [0.717, 1.165) is 13.1 Å². The second-order valence-corrected chi connectivity index (χ2v) is 5.51. The molecule has 0 aliphatic carbocycles. The van der Waals surface area contributed by atoms with Crippen LogP contribution in [-0.2, 0) is 9.53 Å². The zero-order valence-electron chi connectivity index (χ0n) is 10.4. The number of morpholine rings is 1. The SMILES string of the molecule is CN1CCC(N2C[C@@H]3OCC(=O)N[C@@H]3C2)CC1. The number of nitrogens with zero attached hydrogens (tertiary/aromatic N) is 2. The van der Waals surface area contributed by atoms with Crippen molar-refractivity contribution >= 4 is 5.91 Å². The summed E-state index contributed by atoms with van der Waals surface area (Å²) >= 11 is 0. The minimum Gasteiger partial charge on any atom is -0.365 e. The monoisotopic (exact) mass is 239 g/mol. The molecule has 96 valence electrons. The van der Waals surface area contributed by atoms with E-state index in [9.17, 15) is 4.79 Å². The zero-order chi connectivity index (χ0) is 11.8. The third kappa shape index (κ3) is 2.32. The van der Waals surface area contributed by atoms with Crippen molar-refractivity contribution < 1.29 is 9.53 Å². The Bertz CT molecular complexity index is 302. The number of rotatable bonds is 1. The number of likely N-dealkylation sites (tertiary alicyclic amines) is 2. The number of ether oxygens (including phenoxy) is 1. The largest absolute Gasteiger partial charge is 0.365 e. The predicted molar refractivity (Wildman–Crippen MR) is 63.8 cm³/mol. The highest BCUT2D eigenvalue weighted by molar-refractivity contribution is 5.78. The van der Waals surface area contributed by atoms with Crippen LogP contribution in [0.4, 0.5) is 0 Å². The molecule has 3 fully saturated rings. The highest BCUT2D eigenvalue weighted by Gasteiger charge is 2.40. The molecular weight excluding hydrogens is 218 g/mol. The van der Waals surface area contributed by atoms with Crippen LogP contribution in [0.1, 0.15) is 12.8 Å². The van der Waals surface area contributed by atoms with Crippen molar-refractivity contribution in [1.82, 2.24) is 15.1 Å². The molecule has 3 rings (SSSR count). The van der Waals surface area contributed by atoms with Crippen LogP contribution in [0.5, 0.6) is 0 Å². The third-order valence-corrected chi connectivity index (χ3v) is 4.27. The summed E-state index contributed by atoms with van der Waals surface area (Å²) in [6.45, 7) is 4.56. The molecule has 0 aromatic carbocycles. The molecule has 5 heteroatoms. The summed E-state index contributed by atoms with van der Waals surface area (Å²) in [6.07, 6.45) is 2.70. The molecule has 0 spiro atoms. The van der Waals surface area contributed by atoms with Crippen molar-refractivity contribution in [2.45, 2.75) is 31.0 Å². The first-order valence-electron chi connectivity index (χ1n) is 6.56. The van der Waals surface area contributed by atoms with Crippen molar-refractivity contribution in [3.8, 4) is 0 Å². The average Bonchev–Trinajstić information content (AvgIpc) is 2.72. The Hall–Kier alpha value is -0.650. The van der Waals surface area contributed by atoms with Gasteiger partial charge in [-0.05, 0) is 33.0 Å². The first-order chi connectivity index (χ1) is 8.22. The van der Waals surface area contributed by atoms with Gasteiger partial charge in [0, 0.05) is 19.1 Å². The van der Waals surface area contributed by atoms with Gasteiger partial charge < -0.3 is 15.0 Å². The van der Waals surface area contributed by atoms with E-state index in [4.69, 9.17) is 4.74 Å². The number of carbonyl (C=O) groups is 1. The number of hydrogen-bond acceptors (Lipinski definition) is 4. The molecule has 1 N–H and O–H groups in total. The van der Waals surface area contributed by atoms with Gasteiger partial charge in [-0.1, -0.05) is 0 Å². The molecule has 17 heavy (non-hydrogen) atoms. The molecule has 0 aromatic rings. The molecule has 3 aliphatic heterocycles.